The van der Waals surface area contributed by atoms with Gasteiger partial charge in [0.2, 0.25) is 0 Å². The third kappa shape index (κ3) is 3.06. The van der Waals surface area contributed by atoms with Crippen molar-refractivity contribution < 1.29 is 9.13 Å². The maximum Gasteiger partial charge on any atom is 0.166 e. The smallest absolute Gasteiger partial charge is 0.166 e. The Morgan fingerprint density at radius 2 is 2.04 bits per heavy atom. The summed E-state index contributed by atoms with van der Waals surface area (Å²) in [7, 11) is 1.43. The molecule has 142 valence electrons. The number of hydrazone groups is 1. The lowest BCUT2D eigenvalue weighted by Crippen LogP contribution is -2.32. The Morgan fingerprint density at radius 1 is 1.18 bits per heavy atom. The fourth-order valence-corrected chi connectivity index (χ4v) is 3.94. The normalized spacial score (nSPS) is 11.8. The summed E-state index contributed by atoms with van der Waals surface area (Å²) in [5.41, 5.74) is 4.61. The zero-order chi connectivity index (χ0) is 19.7. The van der Waals surface area contributed by atoms with E-state index in [2.05, 4.69) is 15.8 Å². The van der Waals surface area contributed by atoms with Gasteiger partial charge in [-0.1, -0.05) is 12.1 Å². The molecule has 0 atom stereocenters. The quantitative estimate of drug-likeness (QED) is 0.182. The number of ether oxygens (including phenoxy) is 1. The van der Waals surface area contributed by atoms with E-state index in [4.69, 9.17) is 21.4 Å². The Labute approximate surface area is 163 Å². The summed E-state index contributed by atoms with van der Waals surface area (Å²) in [4.78, 5) is 4.76. The number of aromatic nitrogens is 1. The van der Waals surface area contributed by atoms with E-state index in [9.17, 15) is 4.39 Å². The van der Waals surface area contributed by atoms with Crippen LogP contribution in [-0.2, 0) is 0 Å². The summed E-state index contributed by atoms with van der Waals surface area (Å²) in [5, 5.41) is 10.9. The average Bonchev–Trinajstić information content (AvgIpc) is 3.21. The number of nitrogens with zero attached hydrogens (tertiary/aromatic N) is 2. The summed E-state index contributed by atoms with van der Waals surface area (Å²) < 4.78 is 19.8. The summed E-state index contributed by atoms with van der Waals surface area (Å²) in [6.45, 7) is 0. The molecule has 2 aromatic carbocycles. The van der Waals surface area contributed by atoms with Crippen LogP contribution in [0.2, 0.25) is 0 Å². The number of pyridine rings is 1. The topological polar surface area (TPSA) is 111 Å². The van der Waals surface area contributed by atoms with Crippen LogP contribution >= 0.6 is 11.3 Å². The number of hydrogen-bond donors (Lipinski definition) is 4. The summed E-state index contributed by atoms with van der Waals surface area (Å²) in [5.74, 6) is 11.6. The average molecular weight is 396 g/mol. The molecule has 0 saturated heterocycles. The number of fused-ring (bicyclic) bond motifs is 3. The van der Waals surface area contributed by atoms with Crippen molar-refractivity contribution in [2.45, 2.75) is 0 Å². The second-order valence-corrected chi connectivity index (χ2v) is 6.87. The predicted octanol–water partition coefficient (Wildman–Crippen LogP) is 3.42. The Bertz CT molecular complexity index is 1210. The van der Waals surface area contributed by atoms with Crippen LogP contribution in [0.25, 0.3) is 21.0 Å². The molecule has 4 aromatic rings. The van der Waals surface area contributed by atoms with E-state index in [1.54, 1.807) is 23.5 Å². The molecule has 2 aromatic heterocycles. The van der Waals surface area contributed by atoms with Gasteiger partial charge >= 0.3 is 0 Å². The van der Waals surface area contributed by atoms with E-state index >= 15 is 0 Å². The maximum atomic E-state index is 13.7. The minimum Gasteiger partial charge on any atom is -0.494 e. The second-order valence-electron chi connectivity index (χ2n) is 5.95. The van der Waals surface area contributed by atoms with Gasteiger partial charge in [0.05, 0.1) is 12.6 Å². The molecule has 0 fully saturated rings. The van der Waals surface area contributed by atoms with Crippen molar-refractivity contribution in [1.29, 1.82) is 0 Å². The number of thiophene rings is 1. The molecule has 0 amide bonds. The largest absolute Gasteiger partial charge is 0.494 e. The molecule has 0 spiro atoms. The van der Waals surface area contributed by atoms with Gasteiger partial charge in [0.1, 0.15) is 5.82 Å². The predicted molar refractivity (Wildman–Crippen MR) is 111 cm³/mol. The van der Waals surface area contributed by atoms with Crippen LogP contribution in [0, 0.1) is 5.82 Å². The van der Waals surface area contributed by atoms with Crippen molar-refractivity contribution in [3.63, 3.8) is 0 Å². The van der Waals surface area contributed by atoms with Crippen LogP contribution in [0.1, 0.15) is 5.56 Å². The highest BCUT2D eigenvalue weighted by Gasteiger charge is 2.13. The van der Waals surface area contributed by atoms with Crippen molar-refractivity contribution >= 4 is 49.7 Å². The number of rotatable bonds is 4. The first-order valence-corrected chi connectivity index (χ1v) is 9.19. The van der Waals surface area contributed by atoms with Crippen LogP contribution in [-0.4, -0.2) is 17.9 Å². The van der Waals surface area contributed by atoms with Crippen LogP contribution < -0.4 is 27.2 Å². The van der Waals surface area contributed by atoms with Gasteiger partial charge in [-0.25, -0.2) is 15.2 Å². The third-order valence-electron chi connectivity index (χ3n) is 4.35. The molecular formula is C19H17FN6OS. The van der Waals surface area contributed by atoms with Crippen molar-refractivity contribution in [2.24, 2.45) is 16.8 Å². The second kappa shape index (κ2) is 7.29. The zero-order valence-corrected chi connectivity index (χ0v) is 15.7. The molecule has 2 heterocycles. The molecule has 9 heteroatoms. The zero-order valence-electron chi connectivity index (χ0n) is 14.9. The fourth-order valence-electron chi connectivity index (χ4n) is 3.01. The van der Waals surface area contributed by atoms with Crippen LogP contribution in [0.5, 0.6) is 5.75 Å². The van der Waals surface area contributed by atoms with E-state index in [1.807, 2.05) is 29.6 Å². The van der Waals surface area contributed by atoms with Gasteiger partial charge in [-0.15, -0.1) is 11.3 Å². The molecule has 28 heavy (non-hydrogen) atoms. The Hall–Kier alpha value is -3.43. The molecule has 0 aliphatic heterocycles. The number of hydrogen-bond acceptors (Lipinski definition) is 7. The SMILES string of the molecule is COc1cc(Nc2nc3cc(/C(=N/N)NN)ccc3c3sccc23)ccc1F. The van der Waals surface area contributed by atoms with E-state index < -0.39 is 5.82 Å². The molecule has 0 saturated carbocycles. The first kappa shape index (κ1) is 18.0. The summed E-state index contributed by atoms with van der Waals surface area (Å²) in [6.07, 6.45) is 0. The molecule has 0 aliphatic carbocycles. The summed E-state index contributed by atoms with van der Waals surface area (Å²) in [6, 6.07) is 12.3. The van der Waals surface area contributed by atoms with Crippen molar-refractivity contribution in [2.75, 3.05) is 12.4 Å². The third-order valence-corrected chi connectivity index (χ3v) is 5.30. The molecule has 0 aliphatic rings. The molecule has 4 rings (SSSR count). The van der Waals surface area contributed by atoms with Crippen molar-refractivity contribution in [3.05, 3.63) is 59.2 Å². The summed E-state index contributed by atoms with van der Waals surface area (Å²) >= 11 is 1.62. The molecule has 6 N–H and O–H groups in total. The Morgan fingerprint density at radius 3 is 2.79 bits per heavy atom. The van der Waals surface area contributed by atoms with Crippen molar-refractivity contribution in [1.82, 2.24) is 10.4 Å². The molecule has 7 nitrogen and oxygen atoms in total. The van der Waals surface area contributed by atoms with E-state index in [0.717, 1.165) is 26.6 Å². The van der Waals surface area contributed by atoms with Gasteiger partial charge in [0, 0.05) is 32.8 Å². The van der Waals surface area contributed by atoms with Gasteiger partial charge in [0.15, 0.2) is 17.4 Å². The van der Waals surface area contributed by atoms with Gasteiger partial charge in [0.25, 0.3) is 0 Å². The number of methoxy groups -OCH3 is 1. The lowest BCUT2D eigenvalue weighted by Gasteiger charge is -2.12. The lowest BCUT2D eigenvalue weighted by atomic mass is 10.1. The Kier molecular flexibility index (Phi) is 4.68. The monoisotopic (exact) mass is 396 g/mol. The first-order chi connectivity index (χ1) is 13.6. The minimum atomic E-state index is -0.423. The minimum absolute atomic E-state index is 0.160. The molecular weight excluding hydrogens is 379 g/mol. The highest BCUT2D eigenvalue weighted by atomic mass is 32.1. The van der Waals surface area contributed by atoms with E-state index in [0.29, 0.717) is 17.3 Å². The number of nitrogens with one attached hydrogen (secondary N) is 2. The van der Waals surface area contributed by atoms with Crippen LogP contribution in [0.4, 0.5) is 15.9 Å². The fraction of sp³-hybridized carbons (Fsp3) is 0.0526. The first-order valence-electron chi connectivity index (χ1n) is 8.31. The van der Waals surface area contributed by atoms with Gasteiger partial charge in [-0.2, -0.15) is 5.10 Å². The van der Waals surface area contributed by atoms with Crippen molar-refractivity contribution in [3.8, 4) is 5.75 Å². The number of benzene rings is 2. The number of nitrogens with two attached hydrogens (primary N) is 2. The molecule has 0 radical (unpaired) electrons. The van der Waals surface area contributed by atoms with Crippen LogP contribution in [0.3, 0.4) is 0 Å². The lowest BCUT2D eigenvalue weighted by molar-refractivity contribution is 0.387. The molecule has 0 bridgehead atoms. The number of halogens is 1. The van der Waals surface area contributed by atoms with Gasteiger partial charge in [-0.05, 0) is 29.6 Å². The maximum absolute atomic E-state index is 13.7. The number of hydrazine groups is 1. The highest BCUT2D eigenvalue weighted by molar-refractivity contribution is 7.18. The highest BCUT2D eigenvalue weighted by Crippen LogP contribution is 2.35. The van der Waals surface area contributed by atoms with E-state index in [-0.39, 0.29) is 5.75 Å². The Balaban J connectivity index is 1.86. The number of anilines is 2. The standard InChI is InChI=1S/C19H17FN6OS/c1-27-16-9-11(3-5-14(16)20)23-19-13-6-7-28-17(13)12-4-2-10(8-15(12)24-19)18(25-21)26-22/h2-9H,21-22H2,1H3,(H,23,24)(H,25,26). The number of amidine groups is 1. The van der Waals surface area contributed by atoms with Crippen LogP contribution in [0.15, 0.2) is 52.9 Å². The van der Waals surface area contributed by atoms with E-state index in [1.165, 1.54) is 13.2 Å². The molecule has 0 unspecified atom stereocenters. The van der Waals surface area contributed by atoms with Gasteiger partial charge in [-0.3, -0.25) is 0 Å². The van der Waals surface area contributed by atoms with Gasteiger partial charge < -0.3 is 21.3 Å².